The highest BCUT2D eigenvalue weighted by atomic mass is 16.5. The van der Waals surface area contributed by atoms with Gasteiger partial charge in [0.15, 0.2) is 5.96 Å². The van der Waals surface area contributed by atoms with E-state index in [4.69, 9.17) is 10.5 Å². The smallest absolute Gasteiger partial charge is 0.188 e. The lowest BCUT2D eigenvalue weighted by Gasteiger charge is -2.12. The molecule has 4 nitrogen and oxygen atoms in total. The summed E-state index contributed by atoms with van der Waals surface area (Å²) < 4.78 is 5.77. The number of para-hydroxylation sites is 1. The van der Waals surface area contributed by atoms with Gasteiger partial charge in [-0.1, -0.05) is 32.0 Å². The highest BCUT2D eigenvalue weighted by Gasteiger charge is 2.02. The summed E-state index contributed by atoms with van der Waals surface area (Å²) in [4.78, 5) is 4.23. The van der Waals surface area contributed by atoms with Crippen molar-refractivity contribution in [2.24, 2.45) is 16.6 Å². The van der Waals surface area contributed by atoms with Crippen molar-refractivity contribution in [1.82, 2.24) is 5.32 Å². The summed E-state index contributed by atoms with van der Waals surface area (Å²) in [5, 5.41) is 3.05. The van der Waals surface area contributed by atoms with Crippen molar-refractivity contribution >= 4 is 5.96 Å². The molecule has 0 spiro atoms. The second-order valence-electron chi connectivity index (χ2n) is 5.12. The first-order valence-electron chi connectivity index (χ1n) is 6.73. The number of hydrogen-bond donors (Lipinski definition) is 2. The Morgan fingerprint density at radius 3 is 2.53 bits per heavy atom. The summed E-state index contributed by atoms with van der Waals surface area (Å²) in [5.74, 6) is 1.96. The van der Waals surface area contributed by atoms with E-state index in [9.17, 15) is 0 Å². The van der Waals surface area contributed by atoms with Gasteiger partial charge >= 0.3 is 0 Å². The van der Waals surface area contributed by atoms with Crippen molar-refractivity contribution in [1.29, 1.82) is 0 Å². The molecule has 4 heteroatoms. The third-order valence-corrected chi connectivity index (χ3v) is 2.69. The van der Waals surface area contributed by atoms with Crippen molar-refractivity contribution in [3.63, 3.8) is 0 Å². The van der Waals surface area contributed by atoms with E-state index >= 15 is 0 Å². The van der Waals surface area contributed by atoms with Crippen LogP contribution >= 0.6 is 0 Å². The molecule has 3 N–H and O–H groups in total. The van der Waals surface area contributed by atoms with E-state index in [1.165, 1.54) is 0 Å². The summed E-state index contributed by atoms with van der Waals surface area (Å²) in [6.45, 7) is 10.3. The molecule has 0 atom stereocenters. The van der Waals surface area contributed by atoms with E-state index < -0.39 is 0 Å². The Morgan fingerprint density at radius 2 is 1.95 bits per heavy atom. The molecule has 0 aromatic heterocycles. The fourth-order valence-corrected chi connectivity index (χ4v) is 1.70. The van der Waals surface area contributed by atoms with E-state index in [-0.39, 0.29) is 0 Å². The van der Waals surface area contributed by atoms with Gasteiger partial charge in [0.2, 0.25) is 0 Å². The summed E-state index contributed by atoms with van der Waals surface area (Å²) in [5.41, 5.74) is 8.05. The van der Waals surface area contributed by atoms with Crippen LogP contribution in [0.15, 0.2) is 23.2 Å². The Labute approximate surface area is 116 Å². The van der Waals surface area contributed by atoms with Gasteiger partial charge in [-0.25, -0.2) is 0 Å². The number of nitrogens with one attached hydrogen (secondary N) is 1. The molecule has 0 aliphatic carbocycles. The molecule has 1 aromatic rings. The molecule has 1 rings (SSSR count). The number of nitrogens with zero attached hydrogens (tertiary/aromatic N) is 1. The SMILES string of the molecule is Cc1cccc(C)c1OCCNC(N)=NCC(C)C. The van der Waals surface area contributed by atoms with Crippen LogP contribution in [0.3, 0.4) is 0 Å². The van der Waals surface area contributed by atoms with Crippen LogP contribution in [-0.4, -0.2) is 25.7 Å². The highest BCUT2D eigenvalue weighted by molar-refractivity contribution is 5.77. The largest absolute Gasteiger partial charge is 0.491 e. The van der Waals surface area contributed by atoms with Crippen molar-refractivity contribution in [3.8, 4) is 5.75 Å². The van der Waals surface area contributed by atoms with Gasteiger partial charge in [0.1, 0.15) is 12.4 Å². The van der Waals surface area contributed by atoms with Crippen LogP contribution in [0.2, 0.25) is 0 Å². The number of ether oxygens (including phenoxy) is 1. The van der Waals surface area contributed by atoms with Crippen LogP contribution in [0.5, 0.6) is 5.75 Å². The normalized spacial score (nSPS) is 11.7. The maximum atomic E-state index is 5.77. The van der Waals surface area contributed by atoms with E-state index in [1.807, 2.05) is 32.0 Å². The zero-order valence-corrected chi connectivity index (χ0v) is 12.4. The maximum Gasteiger partial charge on any atom is 0.188 e. The molecule has 0 fully saturated rings. The van der Waals surface area contributed by atoms with Crippen LogP contribution in [0, 0.1) is 19.8 Å². The summed E-state index contributed by atoms with van der Waals surface area (Å²) in [6.07, 6.45) is 0. The van der Waals surface area contributed by atoms with E-state index in [2.05, 4.69) is 24.2 Å². The molecule has 0 saturated carbocycles. The molecule has 0 heterocycles. The van der Waals surface area contributed by atoms with Gasteiger partial charge in [-0.15, -0.1) is 0 Å². The standard InChI is InChI=1S/C15H25N3O/c1-11(2)10-18-15(16)17-8-9-19-14-12(3)6-5-7-13(14)4/h5-7,11H,8-10H2,1-4H3,(H3,16,17,18). The summed E-state index contributed by atoms with van der Waals surface area (Å²) in [7, 11) is 0. The maximum absolute atomic E-state index is 5.77. The molecular formula is C15H25N3O. The minimum Gasteiger partial charge on any atom is -0.491 e. The number of aryl methyl sites for hydroxylation is 2. The van der Waals surface area contributed by atoms with Crippen LogP contribution < -0.4 is 15.8 Å². The molecule has 0 saturated heterocycles. The Bertz CT molecular complexity index is 407. The first-order valence-corrected chi connectivity index (χ1v) is 6.73. The quantitative estimate of drug-likeness (QED) is 0.470. The lowest BCUT2D eigenvalue weighted by atomic mass is 10.1. The van der Waals surface area contributed by atoms with Crippen molar-refractivity contribution in [2.75, 3.05) is 19.7 Å². The third kappa shape index (κ3) is 5.64. The van der Waals surface area contributed by atoms with Gasteiger partial charge in [0.05, 0.1) is 6.54 Å². The van der Waals surface area contributed by atoms with Gasteiger partial charge in [0, 0.05) is 6.54 Å². The predicted octanol–water partition coefficient (Wildman–Crippen LogP) is 2.24. The van der Waals surface area contributed by atoms with Crippen molar-refractivity contribution < 1.29 is 4.74 Å². The lowest BCUT2D eigenvalue weighted by Crippen LogP contribution is -2.35. The van der Waals surface area contributed by atoms with Crippen LogP contribution in [0.25, 0.3) is 0 Å². The predicted molar refractivity (Wildman–Crippen MR) is 80.7 cm³/mol. The van der Waals surface area contributed by atoms with Gasteiger partial charge in [-0.05, 0) is 30.9 Å². The molecule has 19 heavy (non-hydrogen) atoms. The van der Waals surface area contributed by atoms with Crippen molar-refractivity contribution in [3.05, 3.63) is 29.3 Å². The Kier molecular flexibility index (Phi) is 6.19. The van der Waals surface area contributed by atoms with E-state index in [0.29, 0.717) is 25.0 Å². The number of rotatable bonds is 6. The molecule has 0 aliphatic heterocycles. The zero-order chi connectivity index (χ0) is 14.3. The monoisotopic (exact) mass is 263 g/mol. The average Bonchev–Trinajstić information content (AvgIpc) is 2.35. The van der Waals surface area contributed by atoms with Gasteiger partial charge < -0.3 is 15.8 Å². The van der Waals surface area contributed by atoms with Crippen molar-refractivity contribution in [2.45, 2.75) is 27.7 Å². The number of benzene rings is 1. The fraction of sp³-hybridized carbons (Fsp3) is 0.533. The molecule has 1 aromatic carbocycles. The second-order valence-corrected chi connectivity index (χ2v) is 5.12. The minimum absolute atomic E-state index is 0.485. The number of nitrogens with two attached hydrogens (primary N) is 1. The average molecular weight is 263 g/mol. The summed E-state index contributed by atoms with van der Waals surface area (Å²) in [6, 6.07) is 6.13. The van der Waals surface area contributed by atoms with Crippen LogP contribution in [0.1, 0.15) is 25.0 Å². The Balaban J connectivity index is 2.33. The van der Waals surface area contributed by atoms with Gasteiger partial charge in [0.25, 0.3) is 0 Å². The number of aliphatic imine (C=N–C) groups is 1. The molecular weight excluding hydrogens is 238 g/mol. The Morgan fingerprint density at radius 1 is 1.32 bits per heavy atom. The number of hydrogen-bond acceptors (Lipinski definition) is 2. The fourth-order valence-electron chi connectivity index (χ4n) is 1.70. The van der Waals surface area contributed by atoms with Gasteiger partial charge in [-0.2, -0.15) is 0 Å². The molecule has 0 radical (unpaired) electrons. The molecule has 0 aliphatic rings. The second kappa shape index (κ2) is 7.67. The first-order chi connectivity index (χ1) is 9.00. The molecule has 0 unspecified atom stereocenters. The minimum atomic E-state index is 0.485. The highest BCUT2D eigenvalue weighted by Crippen LogP contribution is 2.21. The van der Waals surface area contributed by atoms with Gasteiger partial charge in [-0.3, -0.25) is 4.99 Å². The Hall–Kier alpha value is -1.71. The molecule has 0 amide bonds. The lowest BCUT2D eigenvalue weighted by molar-refractivity contribution is 0.318. The topological polar surface area (TPSA) is 59.6 Å². The van der Waals surface area contributed by atoms with Crippen LogP contribution in [-0.2, 0) is 0 Å². The third-order valence-electron chi connectivity index (χ3n) is 2.69. The first kappa shape index (κ1) is 15.3. The van der Waals surface area contributed by atoms with E-state index in [0.717, 1.165) is 23.4 Å². The van der Waals surface area contributed by atoms with Crippen LogP contribution in [0.4, 0.5) is 0 Å². The summed E-state index contributed by atoms with van der Waals surface area (Å²) >= 11 is 0. The molecule has 106 valence electrons. The zero-order valence-electron chi connectivity index (χ0n) is 12.4. The number of guanidine groups is 1. The van der Waals surface area contributed by atoms with E-state index in [1.54, 1.807) is 0 Å². The molecule has 0 bridgehead atoms.